The normalized spacial score (nSPS) is 31.3. The van der Waals surface area contributed by atoms with Gasteiger partial charge in [-0.2, -0.15) is 13.7 Å². The molecule has 4 atom stereocenters. The van der Waals surface area contributed by atoms with Crippen molar-refractivity contribution >= 4 is 9.84 Å². The molecule has 0 aromatic carbocycles. The lowest BCUT2D eigenvalue weighted by molar-refractivity contribution is 0.0712. The molecule has 1 unspecified atom stereocenters. The van der Waals surface area contributed by atoms with Crippen LogP contribution in [0, 0.1) is 22.2 Å². The number of hydrogen-bond acceptors (Lipinski definition) is 4. The summed E-state index contributed by atoms with van der Waals surface area (Å²) in [5, 5.41) is -0.447. The molecule has 0 aromatic rings. The summed E-state index contributed by atoms with van der Waals surface area (Å²) in [4.78, 5) is 11.1. The Hall–Kier alpha value is -0.850. The highest BCUT2D eigenvalue weighted by molar-refractivity contribution is 7.93. The van der Waals surface area contributed by atoms with Gasteiger partial charge < -0.3 is 0 Å². The van der Waals surface area contributed by atoms with Crippen molar-refractivity contribution in [2.45, 2.75) is 89.2 Å². The van der Waals surface area contributed by atoms with Gasteiger partial charge in [0.1, 0.15) is 0 Å². The molecule has 2 aliphatic carbocycles. The Bertz CT molecular complexity index is 681. The van der Waals surface area contributed by atoms with Crippen molar-refractivity contribution in [1.29, 1.82) is 0 Å². The van der Waals surface area contributed by atoms with E-state index in [0.29, 0.717) is 0 Å². The highest BCUT2D eigenvalue weighted by atomic mass is 32.2. The quantitative estimate of drug-likeness (QED) is 0.445. The number of alkyl halides is 2. The van der Waals surface area contributed by atoms with E-state index in [9.17, 15) is 22.1 Å². The van der Waals surface area contributed by atoms with Crippen LogP contribution in [-0.4, -0.2) is 24.5 Å². The highest BCUT2D eigenvalue weighted by Crippen LogP contribution is 2.56. The summed E-state index contributed by atoms with van der Waals surface area (Å²) >= 11 is 0. The van der Waals surface area contributed by atoms with Gasteiger partial charge >= 0.3 is 5.25 Å². The first-order chi connectivity index (χ1) is 11.8. The lowest BCUT2D eigenvalue weighted by Crippen LogP contribution is -2.42. The first-order valence-corrected chi connectivity index (χ1v) is 10.9. The Kier molecular flexibility index (Phi) is 5.73. The summed E-state index contributed by atoms with van der Waals surface area (Å²) in [6.07, 6.45) is 4.88. The maximum absolute atomic E-state index is 14.4. The molecule has 0 spiro atoms. The summed E-state index contributed by atoms with van der Waals surface area (Å²) in [7, 11) is -4.56. The first kappa shape index (κ1) is 21.5. The van der Waals surface area contributed by atoms with Crippen molar-refractivity contribution in [3.8, 4) is 0 Å². The van der Waals surface area contributed by atoms with Gasteiger partial charge in [0, 0.05) is 6.42 Å². The predicted octanol–water partition coefficient (Wildman–Crippen LogP) is 5.48. The molecule has 0 bridgehead atoms. The number of halogens is 2. The molecule has 0 amide bonds. The zero-order valence-electron chi connectivity index (χ0n) is 16.4. The fourth-order valence-electron chi connectivity index (χ4n) is 4.76. The smallest absolute Gasteiger partial charge is 0.222 e. The van der Waals surface area contributed by atoms with Crippen molar-refractivity contribution in [1.82, 2.24) is 0 Å². The van der Waals surface area contributed by atoms with E-state index < -0.39 is 26.3 Å². The fraction of sp³-hybridized carbons (Fsp3) is 0.895. The summed E-state index contributed by atoms with van der Waals surface area (Å²) < 4.78 is 51.7. The van der Waals surface area contributed by atoms with Crippen molar-refractivity contribution < 1.29 is 17.2 Å². The minimum atomic E-state index is -4.56. The van der Waals surface area contributed by atoms with Crippen LogP contribution >= 0.6 is 0 Å². The van der Waals surface area contributed by atoms with Crippen LogP contribution < -0.4 is 0 Å². The fourth-order valence-corrected chi connectivity index (χ4v) is 6.05. The van der Waals surface area contributed by atoms with Gasteiger partial charge in [-0.05, 0) is 63.7 Å². The van der Waals surface area contributed by atoms with Crippen molar-refractivity contribution in [3.63, 3.8) is 0 Å². The van der Waals surface area contributed by atoms with E-state index in [2.05, 4.69) is 18.2 Å². The van der Waals surface area contributed by atoms with Gasteiger partial charge in [-0.1, -0.05) is 37.1 Å². The molecule has 0 radical (unpaired) electrons. The van der Waals surface area contributed by atoms with Crippen LogP contribution in [0.15, 0.2) is 16.8 Å². The second-order valence-corrected chi connectivity index (χ2v) is 12.0. The van der Waals surface area contributed by atoms with Crippen molar-refractivity contribution in [2.75, 3.05) is 0 Å². The molecule has 2 aliphatic rings. The number of nitrogens with zero attached hydrogens (tertiary/aromatic N) is 1. The van der Waals surface area contributed by atoms with Gasteiger partial charge in [0.05, 0.1) is 10.8 Å². The highest BCUT2D eigenvalue weighted by Gasteiger charge is 2.53. The van der Waals surface area contributed by atoms with Gasteiger partial charge in [-0.15, -0.1) is 0 Å². The van der Waals surface area contributed by atoms with E-state index in [1.54, 1.807) is 0 Å². The number of hydrogen-bond donors (Lipinski definition) is 0. The summed E-state index contributed by atoms with van der Waals surface area (Å²) in [6, 6.07) is -0.211. The lowest BCUT2D eigenvalue weighted by atomic mass is 9.62. The molecule has 1 fully saturated rings. The van der Waals surface area contributed by atoms with Crippen LogP contribution in [0.1, 0.15) is 73.1 Å². The van der Waals surface area contributed by atoms with Crippen LogP contribution in [0.4, 0.5) is 8.78 Å². The van der Waals surface area contributed by atoms with Gasteiger partial charge in [0.25, 0.3) is 0 Å². The average molecular weight is 392 g/mol. The number of sulfone groups is 1. The largest absolute Gasteiger partial charge is 0.346 e. The third-order valence-corrected chi connectivity index (χ3v) is 9.07. The number of fused-ring (bicyclic) bond motifs is 1. The molecule has 4 nitrogen and oxygen atoms in total. The molecule has 0 N–H and O–H groups in total. The van der Waals surface area contributed by atoms with Gasteiger partial charge in [-0.25, -0.2) is 8.42 Å². The SMILES string of the molecule is C[C@H](CCC(F)(F)S(=O)(=O)C(C)(C)C)C1=CCC2[C@@H](N=O)CCC[C@]12C. The summed E-state index contributed by atoms with van der Waals surface area (Å²) in [6.45, 7) is 7.91. The van der Waals surface area contributed by atoms with Gasteiger partial charge in [-0.3, -0.25) is 0 Å². The Balaban J connectivity index is 2.11. The van der Waals surface area contributed by atoms with Crippen LogP contribution in [0.3, 0.4) is 0 Å². The second-order valence-electron chi connectivity index (χ2n) is 9.18. The zero-order valence-corrected chi connectivity index (χ0v) is 17.2. The summed E-state index contributed by atoms with van der Waals surface area (Å²) in [5.74, 6) is 0.00135. The predicted molar refractivity (Wildman–Crippen MR) is 99.7 cm³/mol. The Morgan fingerprint density at radius 2 is 1.96 bits per heavy atom. The van der Waals surface area contributed by atoms with E-state index in [0.717, 1.165) is 31.3 Å². The Morgan fingerprint density at radius 1 is 1.35 bits per heavy atom. The molecule has 150 valence electrons. The maximum atomic E-state index is 14.4. The van der Waals surface area contributed by atoms with E-state index in [4.69, 9.17) is 0 Å². The third-order valence-electron chi connectivity index (χ3n) is 6.46. The van der Waals surface area contributed by atoms with Gasteiger partial charge in [0.2, 0.25) is 9.84 Å². The monoisotopic (exact) mass is 391 g/mol. The van der Waals surface area contributed by atoms with Crippen molar-refractivity contribution in [3.05, 3.63) is 16.6 Å². The second kappa shape index (κ2) is 6.95. The van der Waals surface area contributed by atoms with Crippen LogP contribution in [0.5, 0.6) is 0 Å². The van der Waals surface area contributed by atoms with Crippen LogP contribution in [0.25, 0.3) is 0 Å². The minimum Gasteiger partial charge on any atom is -0.222 e. The average Bonchev–Trinajstić information content (AvgIpc) is 2.88. The van der Waals surface area contributed by atoms with Gasteiger partial charge in [0.15, 0.2) is 0 Å². The number of allylic oxidation sites excluding steroid dienone is 2. The molecule has 7 heteroatoms. The maximum Gasteiger partial charge on any atom is 0.346 e. The zero-order chi connectivity index (χ0) is 20.0. The molecular formula is C19H31F2NO3S. The molecule has 1 saturated carbocycles. The number of nitroso groups, excluding NO2 is 1. The molecule has 0 heterocycles. The van der Waals surface area contributed by atoms with E-state index in [-0.39, 0.29) is 29.7 Å². The minimum absolute atomic E-state index is 0.107. The molecule has 26 heavy (non-hydrogen) atoms. The topological polar surface area (TPSA) is 63.6 Å². The number of rotatable bonds is 6. The standard InChI is InChI=1S/C19H31F2NO3S/c1-13(10-12-19(20,21)26(24,25)17(2,3)4)14-8-9-15-16(22-23)7-6-11-18(14,15)5/h8,13,15-16H,6-7,9-12H2,1-5H3/t13-,15?,16+,18-/m1/s1. The summed E-state index contributed by atoms with van der Waals surface area (Å²) in [5.41, 5.74) is 0.911. The molecule has 2 rings (SSSR count). The molecular weight excluding hydrogens is 360 g/mol. The van der Waals surface area contributed by atoms with E-state index in [1.807, 2.05) is 6.92 Å². The molecule has 0 aliphatic heterocycles. The Morgan fingerprint density at radius 3 is 2.50 bits per heavy atom. The Labute approximate surface area is 155 Å². The third kappa shape index (κ3) is 3.48. The van der Waals surface area contributed by atoms with Crippen LogP contribution in [0.2, 0.25) is 0 Å². The van der Waals surface area contributed by atoms with E-state index >= 15 is 0 Å². The first-order valence-electron chi connectivity index (χ1n) is 9.43. The molecule has 0 saturated heterocycles. The van der Waals surface area contributed by atoms with E-state index in [1.165, 1.54) is 20.8 Å². The van der Waals surface area contributed by atoms with Crippen LogP contribution in [-0.2, 0) is 9.84 Å². The lowest BCUT2D eigenvalue weighted by Gasteiger charge is -2.43. The van der Waals surface area contributed by atoms with Crippen molar-refractivity contribution in [2.24, 2.45) is 22.4 Å². The molecule has 0 aromatic heterocycles.